The molecular weight excluding hydrogens is 288 g/mol. The molecule has 1 aromatic rings. The molecule has 0 radical (unpaired) electrons. The largest absolute Gasteiger partial charge is 0.326 e. The minimum Gasteiger partial charge on any atom is -0.326 e. The minimum atomic E-state index is -0.353. The van der Waals surface area contributed by atoms with Gasteiger partial charge in [0.15, 0.2) is 0 Å². The van der Waals surface area contributed by atoms with E-state index in [-0.39, 0.29) is 17.6 Å². The molecule has 1 amide bonds. The van der Waals surface area contributed by atoms with E-state index in [2.05, 4.69) is 5.32 Å². The van der Waals surface area contributed by atoms with Crippen LogP contribution in [-0.4, -0.2) is 5.91 Å². The summed E-state index contributed by atoms with van der Waals surface area (Å²) in [5.41, 5.74) is 1.28. The maximum absolute atomic E-state index is 13.4. The zero-order valence-electron chi connectivity index (χ0n) is 10.2. The topological polar surface area (TPSA) is 29.1 Å². The van der Waals surface area contributed by atoms with Crippen molar-refractivity contribution in [3.8, 4) is 0 Å². The molecule has 1 aliphatic carbocycles. The lowest BCUT2D eigenvalue weighted by molar-refractivity contribution is -0.114. The van der Waals surface area contributed by atoms with Crippen LogP contribution in [0.5, 0.6) is 0 Å². The Hall–Kier alpha value is -1.32. The molecular formula is C14H12Cl2FNO. The van der Waals surface area contributed by atoms with Crippen molar-refractivity contribution in [1.82, 2.24) is 0 Å². The third-order valence-electron chi connectivity index (χ3n) is 2.85. The fraction of sp³-hybridized carbons (Fsp3) is 0.214. The van der Waals surface area contributed by atoms with E-state index in [9.17, 15) is 9.18 Å². The highest BCUT2D eigenvalue weighted by molar-refractivity contribution is 6.44. The monoisotopic (exact) mass is 299 g/mol. The molecule has 0 spiro atoms. The maximum Gasteiger partial charge on any atom is 0.221 e. The third-order valence-corrected chi connectivity index (χ3v) is 3.63. The van der Waals surface area contributed by atoms with Crippen molar-refractivity contribution >= 4 is 34.8 Å². The van der Waals surface area contributed by atoms with Crippen molar-refractivity contribution < 1.29 is 9.18 Å². The molecule has 1 unspecified atom stereocenters. The Labute approximate surface area is 120 Å². The minimum absolute atomic E-state index is 0.104. The summed E-state index contributed by atoms with van der Waals surface area (Å²) < 4.78 is 13.4. The smallest absolute Gasteiger partial charge is 0.221 e. The number of rotatable bonds is 2. The number of hydrogen-bond acceptors (Lipinski definition) is 1. The number of nitrogens with one attached hydrogen (secondary N) is 1. The second kappa shape index (κ2) is 5.76. The van der Waals surface area contributed by atoms with Gasteiger partial charge in [-0.05, 0) is 30.2 Å². The van der Waals surface area contributed by atoms with Gasteiger partial charge in [-0.25, -0.2) is 4.39 Å². The van der Waals surface area contributed by atoms with Crippen molar-refractivity contribution in [3.05, 3.63) is 51.8 Å². The van der Waals surface area contributed by atoms with E-state index in [1.165, 1.54) is 19.1 Å². The molecule has 100 valence electrons. The van der Waals surface area contributed by atoms with Gasteiger partial charge < -0.3 is 5.32 Å². The number of anilines is 1. The summed E-state index contributed by atoms with van der Waals surface area (Å²) in [6.45, 7) is 1.41. The average Bonchev–Trinajstić information content (AvgIpc) is 2.34. The van der Waals surface area contributed by atoms with E-state index in [0.29, 0.717) is 27.7 Å². The Balaban J connectivity index is 2.39. The molecule has 1 N–H and O–H groups in total. The van der Waals surface area contributed by atoms with Crippen molar-refractivity contribution in [1.29, 1.82) is 0 Å². The number of carbonyl (C=O) groups excluding carboxylic acids is 1. The summed E-state index contributed by atoms with van der Waals surface area (Å²) in [4.78, 5) is 11.2. The Morgan fingerprint density at radius 3 is 2.74 bits per heavy atom. The van der Waals surface area contributed by atoms with Gasteiger partial charge >= 0.3 is 0 Å². The summed E-state index contributed by atoms with van der Waals surface area (Å²) in [6.07, 6.45) is 4.17. The number of halogens is 3. The molecule has 2 rings (SSSR count). The molecule has 1 atom stereocenters. The molecule has 1 aromatic carbocycles. The summed E-state index contributed by atoms with van der Waals surface area (Å²) >= 11 is 11.9. The van der Waals surface area contributed by atoms with Gasteiger partial charge in [0.2, 0.25) is 5.91 Å². The lowest BCUT2D eigenvalue weighted by Crippen LogP contribution is -2.11. The number of benzene rings is 1. The number of carbonyl (C=O) groups is 1. The van der Waals surface area contributed by atoms with E-state index in [1.807, 2.05) is 0 Å². The van der Waals surface area contributed by atoms with Crippen molar-refractivity contribution in [3.63, 3.8) is 0 Å². The lowest BCUT2D eigenvalue weighted by atomic mass is 9.91. The van der Waals surface area contributed by atoms with Gasteiger partial charge in [0.1, 0.15) is 5.82 Å². The zero-order chi connectivity index (χ0) is 14.0. The fourth-order valence-corrected chi connectivity index (χ4v) is 2.39. The van der Waals surface area contributed by atoms with Crippen LogP contribution in [0.25, 0.3) is 0 Å². The molecule has 2 nitrogen and oxygen atoms in total. The first-order chi connectivity index (χ1) is 8.97. The van der Waals surface area contributed by atoms with E-state index in [0.717, 1.165) is 0 Å². The van der Waals surface area contributed by atoms with Crippen LogP contribution < -0.4 is 5.32 Å². The normalized spacial score (nSPS) is 18.6. The molecule has 0 aliphatic heterocycles. The van der Waals surface area contributed by atoms with E-state index in [1.54, 1.807) is 18.2 Å². The molecule has 0 bridgehead atoms. The van der Waals surface area contributed by atoms with Gasteiger partial charge in [-0.2, -0.15) is 0 Å². The van der Waals surface area contributed by atoms with E-state index in [4.69, 9.17) is 23.2 Å². The van der Waals surface area contributed by atoms with E-state index >= 15 is 0 Å². The van der Waals surface area contributed by atoms with Gasteiger partial charge in [0.25, 0.3) is 0 Å². The molecule has 1 aliphatic rings. The molecule has 5 heteroatoms. The van der Waals surface area contributed by atoms with Crippen LogP contribution in [0.4, 0.5) is 10.1 Å². The maximum atomic E-state index is 13.4. The highest BCUT2D eigenvalue weighted by atomic mass is 35.5. The highest BCUT2D eigenvalue weighted by Crippen LogP contribution is 2.37. The molecule has 0 fully saturated rings. The first-order valence-electron chi connectivity index (χ1n) is 5.77. The number of hydrogen-bond donors (Lipinski definition) is 1. The third kappa shape index (κ3) is 3.37. The second-order valence-corrected chi connectivity index (χ2v) is 5.14. The fourth-order valence-electron chi connectivity index (χ4n) is 2.01. The highest BCUT2D eigenvalue weighted by Gasteiger charge is 2.19. The summed E-state index contributed by atoms with van der Waals surface area (Å²) in [5, 5.41) is 3.63. The molecule has 0 aromatic heterocycles. The van der Waals surface area contributed by atoms with Gasteiger partial charge in [0.05, 0.1) is 10.1 Å². The quantitative estimate of drug-likeness (QED) is 0.855. The van der Waals surface area contributed by atoms with Crippen LogP contribution in [0.2, 0.25) is 0 Å². The Kier molecular flexibility index (Phi) is 4.27. The second-order valence-electron chi connectivity index (χ2n) is 4.32. The van der Waals surface area contributed by atoms with Crippen molar-refractivity contribution in [2.24, 2.45) is 0 Å². The zero-order valence-corrected chi connectivity index (χ0v) is 11.7. The Bertz CT molecular complexity index is 581. The predicted molar refractivity (Wildman–Crippen MR) is 75.9 cm³/mol. The first kappa shape index (κ1) is 14.1. The first-order valence-corrected chi connectivity index (χ1v) is 6.53. The van der Waals surface area contributed by atoms with Gasteiger partial charge in [0, 0.05) is 18.5 Å². The number of amides is 1. The standard InChI is InChI=1S/C14H12Cl2FNO/c1-8(19)18-14-5-3-10(17)7-11(14)9-2-4-12(15)13(16)6-9/h3-7,9H,2H2,1H3,(H,18,19). The van der Waals surface area contributed by atoms with Crippen LogP contribution in [0.1, 0.15) is 24.8 Å². The van der Waals surface area contributed by atoms with Gasteiger partial charge in [-0.1, -0.05) is 35.4 Å². The van der Waals surface area contributed by atoms with Crippen LogP contribution >= 0.6 is 23.2 Å². The predicted octanol–water partition coefficient (Wildman–Crippen LogP) is 4.52. The molecule has 0 saturated heterocycles. The van der Waals surface area contributed by atoms with Crippen LogP contribution in [0.3, 0.4) is 0 Å². The van der Waals surface area contributed by atoms with Crippen molar-refractivity contribution in [2.75, 3.05) is 5.32 Å². The van der Waals surface area contributed by atoms with Gasteiger partial charge in [-0.15, -0.1) is 0 Å². The van der Waals surface area contributed by atoms with Crippen LogP contribution in [-0.2, 0) is 4.79 Å². The summed E-state index contributed by atoms with van der Waals surface area (Å²) in [6, 6.07) is 4.27. The molecule has 0 heterocycles. The summed E-state index contributed by atoms with van der Waals surface area (Å²) in [5.74, 6) is -0.658. The average molecular weight is 300 g/mol. The lowest BCUT2D eigenvalue weighted by Gasteiger charge is -2.20. The van der Waals surface area contributed by atoms with Crippen LogP contribution in [0, 0.1) is 5.82 Å². The Morgan fingerprint density at radius 2 is 2.11 bits per heavy atom. The number of allylic oxidation sites excluding steroid dienone is 4. The summed E-state index contributed by atoms with van der Waals surface area (Å²) in [7, 11) is 0. The van der Waals surface area contributed by atoms with E-state index < -0.39 is 0 Å². The SMILES string of the molecule is CC(=O)Nc1ccc(F)cc1C1C=C(Cl)C(Cl)=CC1. The van der Waals surface area contributed by atoms with Crippen molar-refractivity contribution in [2.45, 2.75) is 19.3 Å². The Morgan fingerprint density at radius 1 is 1.37 bits per heavy atom. The molecule has 19 heavy (non-hydrogen) atoms. The van der Waals surface area contributed by atoms with Crippen LogP contribution in [0.15, 0.2) is 40.4 Å². The van der Waals surface area contributed by atoms with Gasteiger partial charge in [-0.3, -0.25) is 4.79 Å². The molecule has 0 saturated carbocycles.